The van der Waals surface area contributed by atoms with Gasteiger partial charge in [-0.2, -0.15) is 0 Å². The van der Waals surface area contributed by atoms with Gasteiger partial charge in [0.2, 0.25) is 0 Å². The SMILES string of the molecule is CCOC(c1cccc(NS(=O)(=O)c2c(C)cc(Cl)cc2Cl)n1)C1CC1. The van der Waals surface area contributed by atoms with Crippen LogP contribution in [0.3, 0.4) is 0 Å². The van der Waals surface area contributed by atoms with Crippen LogP contribution in [0.1, 0.15) is 37.1 Å². The monoisotopic (exact) mass is 414 g/mol. The van der Waals surface area contributed by atoms with E-state index in [9.17, 15) is 8.42 Å². The van der Waals surface area contributed by atoms with Crippen LogP contribution in [0.2, 0.25) is 10.0 Å². The fourth-order valence-corrected chi connectivity index (χ4v) is 5.12. The van der Waals surface area contributed by atoms with Gasteiger partial charge in [-0.25, -0.2) is 13.4 Å². The predicted molar refractivity (Wildman–Crippen MR) is 103 cm³/mol. The molecular weight excluding hydrogens is 395 g/mol. The van der Waals surface area contributed by atoms with Crippen LogP contribution in [0.5, 0.6) is 0 Å². The Kier molecular flexibility index (Phi) is 5.77. The number of hydrogen-bond donors (Lipinski definition) is 1. The Labute approximate surface area is 163 Å². The largest absolute Gasteiger partial charge is 0.372 e. The second-order valence-electron chi connectivity index (χ2n) is 6.30. The average Bonchev–Trinajstić information content (AvgIpc) is 3.35. The van der Waals surface area contributed by atoms with E-state index in [1.165, 1.54) is 6.07 Å². The summed E-state index contributed by atoms with van der Waals surface area (Å²) in [6.45, 7) is 4.17. The number of aromatic nitrogens is 1. The van der Waals surface area contributed by atoms with Crippen LogP contribution >= 0.6 is 23.2 Å². The fraction of sp³-hybridized carbons (Fsp3) is 0.389. The molecule has 3 rings (SSSR count). The molecule has 2 aromatic rings. The molecule has 0 bridgehead atoms. The van der Waals surface area contributed by atoms with Crippen molar-refractivity contribution in [2.45, 2.75) is 37.7 Å². The van der Waals surface area contributed by atoms with Gasteiger partial charge in [0.25, 0.3) is 10.0 Å². The second kappa shape index (κ2) is 7.72. The van der Waals surface area contributed by atoms with Crippen molar-refractivity contribution in [2.75, 3.05) is 11.3 Å². The Bertz CT molecular complexity index is 891. The second-order valence-corrected chi connectivity index (χ2v) is 8.76. The molecule has 1 aliphatic rings. The number of nitrogens with zero attached hydrogens (tertiary/aromatic N) is 1. The molecule has 5 nitrogen and oxygen atoms in total. The molecule has 1 saturated carbocycles. The molecule has 0 spiro atoms. The smallest absolute Gasteiger partial charge is 0.264 e. The van der Waals surface area contributed by atoms with E-state index in [4.69, 9.17) is 27.9 Å². The van der Waals surface area contributed by atoms with E-state index in [2.05, 4.69) is 9.71 Å². The molecule has 1 aromatic carbocycles. The number of halogens is 2. The van der Waals surface area contributed by atoms with E-state index >= 15 is 0 Å². The quantitative estimate of drug-likeness (QED) is 0.692. The Morgan fingerprint density at radius 3 is 2.65 bits per heavy atom. The fourth-order valence-electron chi connectivity index (χ4n) is 2.93. The number of hydrogen-bond acceptors (Lipinski definition) is 4. The van der Waals surface area contributed by atoms with Crippen molar-refractivity contribution < 1.29 is 13.2 Å². The molecule has 1 aliphatic carbocycles. The van der Waals surface area contributed by atoms with Gasteiger partial charge in [0, 0.05) is 11.6 Å². The number of pyridine rings is 1. The predicted octanol–water partition coefficient (Wildman–Crippen LogP) is 4.99. The van der Waals surface area contributed by atoms with Crippen LogP contribution in [-0.4, -0.2) is 20.0 Å². The maximum atomic E-state index is 12.8. The molecule has 1 atom stereocenters. The number of rotatable bonds is 7. The summed E-state index contributed by atoms with van der Waals surface area (Å²) in [5, 5.41) is 0.458. The molecule has 0 saturated heterocycles. The molecule has 1 unspecified atom stereocenters. The normalized spacial score (nSPS) is 15.7. The number of benzene rings is 1. The van der Waals surface area contributed by atoms with Gasteiger partial charge in [-0.05, 0) is 62.4 Å². The summed E-state index contributed by atoms with van der Waals surface area (Å²) < 4.78 is 33.9. The highest BCUT2D eigenvalue weighted by Gasteiger charge is 2.34. The summed E-state index contributed by atoms with van der Waals surface area (Å²) in [7, 11) is -3.89. The van der Waals surface area contributed by atoms with Gasteiger partial charge in [-0.3, -0.25) is 4.72 Å². The Balaban J connectivity index is 1.90. The van der Waals surface area contributed by atoms with Gasteiger partial charge in [-0.15, -0.1) is 0 Å². The lowest BCUT2D eigenvalue weighted by Gasteiger charge is -2.17. The number of aryl methyl sites for hydroxylation is 1. The third kappa shape index (κ3) is 4.31. The zero-order valence-corrected chi connectivity index (χ0v) is 16.8. The van der Waals surface area contributed by atoms with E-state index in [1.54, 1.807) is 25.1 Å². The number of sulfonamides is 1. The van der Waals surface area contributed by atoms with Crippen molar-refractivity contribution in [3.63, 3.8) is 0 Å². The molecule has 140 valence electrons. The molecule has 0 radical (unpaired) electrons. The first-order valence-electron chi connectivity index (χ1n) is 8.39. The lowest BCUT2D eigenvalue weighted by Crippen LogP contribution is -2.17. The third-order valence-electron chi connectivity index (χ3n) is 4.16. The molecule has 1 aromatic heterocycles. The highest BCUT2D eigenvalue weighted by Crippen LogP contribution is 2.43. The van der Waals surface area contributed by atoms with E-state index in [1.807, 2.05) is 13.0 Å². The summed E-state index contributed by atoms with van der Waals surface area (Å²) in [6, 6.07) is 8.20. The highest BCUT2D eigenvalue weighted by atomic mass is 35.5. The molecular formula is C18H20Cl2N2O3S. The van der Waals surface area contributed by atoms with E-state index in [-0.39, 0.29) is 21.8 Å². The lowest BCUT2D eigenvalue weighted by atomic mass is 10.1. The van der Waals surface area contributed by atoms with Crippen molar-refractivity contribution in [2.24, 2.45) is 5.92 Å². The van der Waals surface area contributed by atoms with Crippen molar-refractivity contribution >= 4 is 39.0 Å². The summed E-state index contributed by atoms with van der Waals surface area (Å²) >= 11 is 12.0. The number of ether oxygens (including phenoxy) is 1. The maximum Gasteiger partial charge on any atom is 0.264 e. The lowest BCUT2D eigenvalue weighted by molar-refractivity contribution is 0.0434. The minimum atomic E-state index is -3.89. The van der Waals surface area contributed by atoms with Crippen LogP contribution in [0, 0.1) is 12.8 Å². The van der Waals surface area contributed by atoms with Crippen LogP contribution in [0.4, 0.5) is 5.82 Å². The molecule has 1 heterocycles. The number of nitrogens with one attached hydrogen (secondary N) is 1. The van der Waals surface area contributed by atoms with Crippen molar-refractivity contribution in [1.29, 1.82) is 0 Å². The minimum absolute atomic E-state index is 0.000629. The molecule has 26 heavy (non-hydrogen) atoms. The molecule has 0 amide bonds. The molecule has 0 aliphatic heterocycles. The summed E-state index contributed by atoms with van der Waals surface area (Å²) in [4.78, 5) is 4.46. The first-order chi connectivity index (χ1) is 12.3. The average molecular weight is 415 g/mol. The van der Waals surface area contributed by atoms with E-state index in [0.29, 0.717) is 23.1 Å². The van der Waals surface area contributed by atoms with E-state index < -0.39 is 10.0 Å². The van der Waals surface area contributed by atoms with Crippen molar-refractivity contribution in [3.05, 3.63) is 51.6 Å². The summed E-state index contributed by atoms with van der Waals surface area (Å²) in [6.07, 6.45) is 2.09. The Morgan fingerprint density at radius 2 is 2.04 bits per heavy atom. The zero-order valence-electron chi connectivity index (χ0n) is 14.5. The molecule has 1 fully saturated rings. The van der Waals surface area contributed by atoms with Gasteiger partial charge in [0.15, 0.2) is 0 Å². The standard InChI is InChI=1S/C18H20Cl2N2O3S/c1-3-25-17(12-7-8-12)15-5-4-6-16(21-15)22-26(23,24)18-11(2)9-13(19)10-14(18)20/h4-6,9-10,12,17H,3,7-8H2,1-2H3,(H,21,22). The highest BCUT2D eigenvalue weighted by molar-refractivity contribution is 7.92. The molecule has 1 N–H and O–H groups in total. The summed E-state index contributed by atoms with van der Waals surface area (Å²) in [5.74, 6) is 0.681. The zero-order chi connectivity index (χ0) is 18.9. The Morgan fingerprint density at radius 1 is 1.31 bits per heavy atom. The molecule has 8 heteroatoms. The first kappa shape index (κ1) is 19.4. The van der Waals surface area contributed by atoms with Gasteiger partial charge in [0.05, 0.1) is 10.7 Å². The van der Waals surface area contributed by atoms with Crippen LogP contribution in [-0.2, 0) is 14.8 Å². The van der Waals surface area contributed by atoms with Crippen LogP contribution in [0.15, 0.2) is 35.2 Å². The minimum Gasteiger partial charge on any atom is -0.372 e. The van der Waals surface area contributed by atoms with E-state index in [0.717, 1.165) is 18.5 Å². The van der Waals surface area contributed by atoms with Gasteiger partial charge >= 0.3 is 0 Å². The Hall–Kier alpha value is -1.34. The van der Waals surface area contributed by atoms with Crippen LogP contribution in [0.25, 0.3) is 0 Å². The van der Waals surface area contributed by atoms with Gasteiger partial charge < -0.3 is 4.74 Å². The first-order valence-corrected chi connectivity index (χ1v) is 10.6. The topological polar surface area (TPSA) is 68.3 Å². The van der Waals surface area contributed by atoms with Crippen molar-refractivity contribution in [3.8, 4) is 0 Å². The third-order valence-corrected chi connectivity index (χ3v) is 6.35. The maximum absolute atomic E-state index is 12.8. The van der Waals surface area contributed by atoms with Gasteiger partial charge in [-0.1, -0.05) is 29.3 Å². The van der Waals surface area contributed by atoms with Crippen molar-refractivity contribution in [1.82, 2.24) is 4.98 Å². The van der Waals surface area contributed by atoms with Crippen LogP contribution < -0.4 is 4.72 Å². The summed E-state index contributed by atoms with van der Waals surface area (Å²) in [5.41, 5.74) is 1.20. The number of anilines is 1. The van der Waals surface area contributed by atoms with Gasteiger partial charge in [0.1, 0.15) is 16.8 Å².